The molecule has 2 aliphatic rings. The lowest BCUT2D eigenvalue weighted by Gasteiger charge is -2.42. The molecule has 0 atom stereocenters. The standard InChI is InChI=1S/C19H29N3O2/c1-24-19(8-10-20-11-9-19)18(23)22-15-13-21(14-16-22)12-7-17-5-3-2-4-6-17/h2-6,20H,7-16H2,1H3. The van der Waals surface area contributed by atoms with Crippen LogP contribution in [0.5, 0.6) is 0 Å². The van der Waals surface area contributed by atoms with Gasteiger partial charge in [-0.25, -0.2) is 0 Å². The van der Waals surface area contributed by atoms with Gasteiger partial charge in [0.15, 0.2) is 0 Å². The smallest absolute Gasteiger partial charge is 0.254 e. The van der Waals surface area contributed by atoms with Gasteiger partial charge in [0, 0.05) is 39.8 Å². The van der Waals surface area contributed by atoms with E-state index in [-0.39, 0.29) is 5.91 Å². The van der Waals surface area contributed by atoms with Crippen LogP contribution >= 0.6 is 0 Å². The maximum Gasteiger partial charge on any atom is 0.254 e. The Balaban J connectivity index is 1.48. The molecule has 3 rings (SSSR count). The number of nitrogens with one attached hydrogen (secondary N) is 1. The molecular formula is C19H29N3O2. The van der Waals surface area contributed by atoms with Gasteiger partial charge in [0.1, 0.15) is 5.60 Å². The molecule has 2 saturated heterocycles. The van der Waals surface area contributed by atoms with Crippen molar-refractivity contribution in [1.82, 2.24) is 15.1 Å². The van der Waals surface area contributed by atoms with Crippen LogP contribution in [0, 0.1) is 0 Å². The Hall–Kier alpha value is -1.43. The lowest BCUT2D eigenvalue weighted by atomic mass is 9.90. The van der Waals surface area contributed by atoms with Crippen LogP contribution in [-0.2, 0) is 16.0 Å². The molecule has 0 unspecified atom stereocenters. The molecule has 0 spiro atoms. The molecule has 5 heteroatoms. The van der Waals surface area contributed by atoms with Gasteiger partial charge in [0.25, 0.3) is 5.91 Å². The van der Waals surface area contributed by atoms with Gasteiger partial charge in [-0.3, -0.25) is 9.69 Å². The lowest BCUT2D eigenvalue weighted by Crippen LogP contribution is -2.59. The van der Waals surface area contributed by atoms with Crippen LogP contribution in [0.2, 0.25) is 0 Å². The van der Waals surface area contributed by atoms with E-state index in [4.69, 9.17) is 4.74 Å². The zero-order valence-electron chi connectivity index (χ0n) is 14.7. The predicted octanol–water partition coefficient (Wildman–Crippen LogP) is 1.14. The molecule has 0 aliphatic carbocycles. The van der Waals surface area contributed by atoms with E-state index in [1.807, 2.05) is 4.90 Å². The predicted molar refractivity (Wildman–Crippen MR) is 95.0 cm³/mol. The molecule has 1 aromatic rings. The van der Waals surface area contributed by atoms with Gasteiger partial charge < -0.3 is 15.0 Å². The highest BCUT2D eigenvalue weighted by Gasteiger charge is 2.42. The highest BCUT2D eigenvalue weighted by Crippen LogP contribution is 2.25. The average Bonchev–Trinajstić information content (AvgIpc) is 2.67. The highest BCUT2D eigenvalue weighted by atomic mass is 16.5. The molecule has 2 aliphatic heterocycles. The summed E-state index contributed by atoms with van der Waals surface area (Å²) < 4.78 is 5.68. The first kappa shape index (κ1) is 17.4. The minimum absolute atomic E-state index is 0.189. The Morgan fingerprint density at radius 2 is 1.79 bits per heavy atom. The van der Waals surface area contributed by atoms with Crippen molar-refractivity contribution in [2.45, 2.75) is 24.9 Å². The third-order valence-electron chi connectivity index (χ3n) is 5.41. The van der Waals surface area contributed by atoms with Crippen LogP contribution in [0.1, 0.15) is 18.4 Å². The van der Waals surface area contributed by atoms with E-state index in [1.165, 1.54) is 5.56 Å². The fraction of sp³-hybridized carbons (Fsp3) is 0.632. The summed E-state index contributed by atoms with van der Waals surface area (Å²) >= 11 is 0. The van der Waals surface area contributed by atoms with Gasteiger partial charge in [-0.2, -0.15) is 0 Å². The number of carbonyl (C=O) groups is 1. The Kier molecular flexibility index (Phi) is 5.87. The van der Waals surface area contributed by atoms with Crippen LogP contribution in [0.3, 0.4) is 0 Å². The summed E-state index contributed by atoms with van der Waals surface area (Å²) in [5.41, 5.74) is 0.779. The Morgan fingerprint density at radius 1 is 1.12 bits per heavy atom. The van der Waals surface area contributed by atoms with E-state index in [0.717, 1.165) is 65.1 Å². The molecule has 0 radical (unpaired) electrons. The van der Waals surface area contributed by atoms with E-state index >= 15 is 0 Å². The van der Waals surface area contributed by atoms with Crippen molar-refractivity contribution in [3.8, 4) is 0 Å². The molecule has 1 aromatic carbocycles. The number of methoxy groups -OCH3 is 1. The molecule has 2 heterocycles. The van der Waals surface area contributed by atoms with Crippen molar-refractivity contribution in [2.24, 2.45) is 0 Å². The molecule has 0 aromatic heterocycles. The van der Waals surface area contributed by atoms with Crippen LogP contribution in [0.15, 0.2) is 30.3 Å². The van der Waals surface area contributed by atoms with Crippen LogP contribution in [0.25, 0.3) is 0 Å². The molecule has 24 heavy (non-hydrogen) atoms. The first-order chi connectivity index (χ1) is 11.7. The van der Waals surface area contributed by atoms with E-state index in [0.29, 0.717) is 0 Å². The number of hydrogen-bond acceptors (Lipinski definition) is 4. The Morgan fingerprint density at radius 3 is 2.42 bits per heavy atom. The summed E-state index contributed by atoms with van der Waals surface area (Å²) in [6, 6.07) is 10.6. The number of piperidine rings is 1. The SMILES string of the molecule is COC1(C(=O)N2CCN(CCc3ccccc3)CC2)CCNCC1. The van der Waals surface area contributed by atoms with Gasteiger partial charge in [-0.1, -0.05) is 30.3 Å². The number of hydrogen-bond donors (Lipinski definition) is 1. The number of benzene rings is 1. The normalized spacial score (nSPS) is 21.6. The monoisotopic (exact) mass is 331 g/mol. The summed E-state index contributed by atoms with van der Waals surface area (Å²) in [4.78, 5) is 17.4. The third-order valence-corrected chi connectivity index (χ3v) is 5.41. The van der Waals surface area contributed by atoms with Crippen molar-refractivity contribution in [2.75, 3.05) is 52.9 Å². The third kappa shape index (κ3) is 3.97. The van der Waals surface area contributed by atoms with Gasteiger partial charge >= 0.3 is 0 Å². The molecule has 2 fully saturated rings. The minimum Gasteiger partial charge on any atom is -0.368 e. The average molecular weight is 331 g/mol. The van der Waals surface area contributed by atoms with Gasteiger partial charge in [0.2, 0.25) is 0 Å². The molecular weight excluding hydrogens is 302 g/mol. The highest BCUT2D eigenvalue weighted by molar-refractivity contribution is 5.85. The van der Waals surface area contributed by atoms with Gasteiger partial charge in [-0.15, -0.1) is 0 Å². The van der Waals surface area contributed by atoms with Crippen molar-refractivity contribution >= 4 is 5.91 Å². The molecule has 0 saturated carbocycles. The van der Waals surface area contributed by atoms with Gasteiger partial charge in [-0.05, 0) is 37.9 Å². The number of ether oxygens (including phenoxy) is 1. The van der Waals surface area contributed by atoms with E-state index in [1.54, 1.807) is 7.11 Å². The minimum atomic E-state index is -0.600. The second-order valence-corrected chi connectivity index (χ2v) is 6.82. The van der Waals surface area contributed by atoms with Crippen LogP contribution in [-0.4, -0.2) is 74.2 Å². The zero-order chi connectivity index (χ0) is 16.8. The number of nitrogens with zero attached hydrogens (tertiary/aromatic N) is 2. The maximum atomic E-state index is 12.9. The number of piperazine rings is 1. The van der Waals surface area contributed by atoms with Gasteiger partial charge in [0.05, 0.1) is 0 Å². The largest absolute Gasteiger partial charge is 0.368 e. The van der Waals surface area contributed by atoms with Crippen molar-refractivity contribution in [3.05, 3.63) is 35.9 Å². The quantitative estimate of drug-likeness (QED) is 0.879. The fourth-order valence-electron chi connectivity index (χ4n) is 3.73. The Bertz CT molecular complexity index is 521. The lowest BCUT2D eigenvalue weighted by molar-refractivity contribution is -0.160. The molecule has 0 bridgehead atoms. The zero-order valence-corrected chi connectivity index (χ0v) is 14.7. The summed E-state index contributed by atoms with van der Waals surface area (Å²) in [5.74, 6) is 0.189. The second-order valence-electron chi connectivity index (χ2n) is 6.82. The summed E-state index contributed by atoms with van der Waals surface area (Å²) in [7, 11) is 1.68. The molecule has 132 valence electrons. The first-order valence-electron chi connectivity index (χ1n) is 9.05. The number of rotatable bonds is 5. The summed E-state index contributed by atoms with van der Waals surface area (Å²) in [5, 5.41) is 3.31. The number of amides is 1. The second kappa shape index (κ2) is 8.10. The van der Waals surface area contributed by atoms with Crippen molar-refractivity contribution in [3.63, 3.8) is 0 Å². The van der Waals surface area contributed by atoms with E-state index < -0.39 is 5.60 Å². The maximum absolute atomic E-state index is 12.9. The fourth-order valence-corrected chi connectivity index (χ4v) is 3.73. The van der Waals surface area contributed by atoms with Crippen molar-refractivity contribution in [1.29, 1.82) is 0 Å². The van der Waals surface area contributed by atoms with Crippen LogP contribution in [0.4, 0.5) is 0 Å². The molecule has 1 N–H and O–H groups in total. The van der Waals surface area contributed by atoms with Crippen molar-refractivity contribution < 1.29 is 9.53 Å². The topological polar surface area (TPSA) is 44.8 Å². The number of carbonyl (C=O) groups excluding carboxylic acids is 1. The van der Waals surface area contributed by atoms with E-state index in [2.05, 4.69) is 40.5 Å². The summed E-state index contributed by atoms with van der Waals surface area (Å²) in [6.45, 7) is 6.31. The molecule has 5 nitrogen and oxygen atoms in total. The summed E-state index contributed by atoms with van der Waals surface area (Å²) in [6.07, 6.45) is 2.62. The van der Waals surface area contributed by atoms with E-state index in [9.17, 15) is 4.79 Å². The molecule has 1 amide bonds. The first-order valence-corrected chi connectivity index (χ1v) is 9.05. The Labute approximate surface area is 145 Å². The van der Waals surface area contributed by atoms with Crippen LogP contribution < -0.4 is 5.32 Å².